The van der Waals surface area contributed by atoms with E-state index in [4.69, 9.17) is 0 Å². The van der Waals surface area contributed by atoms with Crippen LogP contribution in [0.5, 0.6) is 0 Å². The van der Waals surface area contributed by atoms with Crippen LogP contribution in [0.4, 0.5) is 5.00 Å². The number of carbonyl (C=O) groups is 1. The van der Waals surface area contributed by atoms with Crippen molar-refractivity contribution in [3.63, 3.8) is 0 Å². The summed E-state index contributed by atoms with van der Waals surface area (Å²) >= 11 is 1.53. The molecule has 0 saturated heterocycles. The van der Waals surface area contributed by atoms with Gasteiger partial charge in [0.25, 0.3) is 5.91 Å². The van der Waals surface area contributed by atoms with Gasteiger partial charge in [0.05, 0.1) is 5.56 Å². The zero-order valence-corrected chi connectivity index (χ0v) is 12.9. The normalized spacial score (nSPS) is 13.6. The minimum absolute atomic E-state index is 0.256. The molecular formula is C15H16N4OS. The van der Waals surface area contributed by atoms with Crippen molar-refractivity contribution in [3.05, 3.63) is 33.5 Å². The second-order valence-corrected chi connectivity index (χ2v) is 6.38. The van der Waals surface area contributed by atoms with E-state index in [1.165, 1.54) is 16.2 Å². The molecule has 0 aliphatic heterocycles. The molecule has 0 bridgehead atoms. The van der Waals surface area contributed by atoms with Crippen LogP contribution in [0.1, 0.15) is 45.0 Å². The summed E-state index contributed by atoms with van der Waals surface area (Å²) in [4.78, 5) is 13.5. The Morgan fingerprint density at radius 3 is 2.90 bits per heavy atom. The third-order valence-electron chi connectivity index (χ3n) is 3.86. The van der Waals surface area contributed by atoms with E-state index in [0.29, 0.717) is 16.3 Å². The number of carbonyl (C=O) groups excluding carboxylic acids is 1. The van der Waals surface area contributed by atoms with Gasteiger partial charge in [-0.1, -0.05) is 0 Å². The van der Waals surface area contributed by atoms with Gasteiger partial charge in [-0.05, 0) is 44.2 Å². The Balaban J connectivity index is 1.90. The van der Waals surface area contributed by atoms with E-state index in [0.717, 1.165) is 36.9 Å². The number of thiophene rings is 1. The lowest BCUT2D eigenvalue weighted by Gasteiger charge is -2.09. The van der Waals surface area contributed by atoms with Crippen LogP contribution in [-0.4, -0.2) is 15.7 Å². The number of hydrogen-bond acceptors (Lipinski definition) is 4. The van der Waals surface area contributed by atoms with Crippen LogP contribution in [0.2, 0.25) is 0 Å². The summed E-state index contributed by atoms with van der Waals surface area (Å²) < 4.78 is 1.67. The van der Waals surface area contributed by atoms with Crippen LogP contribution in [0.3, 0.4) is 0 Å². The first-order valence-corrected chi connectivity index (χ1v) is 7.78. The molecule has 5 nitrogen and oxygen atoms in total. The van der Waals surface area contributed by atoms with Crippen molar-refractivity contribution in [2.24, 2.45) is 7.05 Å². The van der Waals surface area contributed by atoms with Gasteiger partial charge in [-0.3, -0.25) is 9.48 Å². The standard InChI is InChI=1S/C15H16N4OS/c1-9-7-12(18-19(9)2)14(20)17-15-11(8-16)10-5-3-4-6-13(10)21-15/h7H,3-6H2,1-2H3,(H,17,20). The van der Waals surface area contributed by atoms with E-state index in [-0.39, 0.29) is 5.91 Å². The molecule has 2 heterocycles. The van der Waals surface area contributed by atoms with Gasteiger partial charge in [0, 0.05) is 17.6 Å². The Labute approximate surface area is 127 Å². The molecule has 2 aromatic heterocycles. The Kier molecular flexibility index (Phi) is 3.52. The monoisotopic (exact) mass is 300 g/mol. The number of hydrogen-bond donors (Lipinski definition) is 1. The maximum Gasteiger partial charge on any atom is 0.276 e. The van der Waals surface area contributed by atoms with Gasteiger partial charge in [-0.2, -0.15) is 10.4 Å². The quantitative estimate of drug-likeness (QED) is 0.927. The highest BCUT2D eigenvalue weighted by Gasteiger charge is 2.22. The van der Waals surface area contributed by atoms with Crippen LogP contribution in [0.15, 0.2) is 6.07 Å². The maximum absolute atomic E-state index is 12.3. The van der Waals surface area contributed by atoms with Gasteiger partial charge < -0.3 is 5.32 Å². The van der Waals surface area contributed by atoms with Gasteiger partial charge >= 0.3 is 0 Å². The zero-order chi connectivity index (χ0) is 15.0. The van der Waals surface area contributed by atoms with Gasteiger partial charge in [-0.15, -0.1) is 11.3 Å². The van der Waals surface area contributed by atoms with Gasteiger partial charge in [0.15, 0.2) is 5.69 Å². The van der Waals surface area contributed by atoms with Crippen molar-refractivity contribution < 1.29 is 4.79 Å². The molecule has 1 amide bonds. The molecule has 3 rings (SSSR count). The number of fused-ring (bicyclic) bond motifs is 1. The molecule has 108 valence electrons. The molecule has 0 spiro atoms. The molecule has 2 aromatic rings. The van der Waals surface area contributed by atoms with Crippen molar-refractivity contribution in [2.75, 3.05) is 5.32 Å². The molecule has 21 heavy (non-hydrogen) atoms. The second kappa shape index (κ2) is 5.34. The number of nitrogens with one attached hydrogen (secondary N) is 1. The molecule has 0 aromatic carbocycles. The van der Waals surface area contributed by atoms with E-state index < -0.39 is 0 Å². The van der Waals surface area contributed by atoms with E-state index in [1.54, 1.807) is 17.8 Å². The predicted molar refractivity (Wildman–Crippen MR) is 81.6 cm³/mol. The molecule has 6 heteroatoms. The summed E-state index contributed by atoms with van der Waals surface area (Å²) in [6.45, 7) is 1.90. The minimum atomic E-state index is -0.256. The maximum atomic E-state index is 12.3. The lowest BCUT2D eigenvalue weighted by Crippen LogP contribution is -2.13. The van der Waals surface area contributed by atoms with E-state index in [9.17, 15) is 10.1 Å². The fraction of sp³-hybridized carbons (Fsp3) is 0.400. The molecule has 0 saturated carbocycles. The Bertz CT molecular complexity index is 731. The summed E-state index contributed by atoms with van der Waals surface area (Å²) in [6, 6.07) is 3.99. The number of rotatable bonds is 2. The smallest absolute Gasteiger partial charge is 0.276 e. The Morgan fingerprint density at radius 2 is 2.24 bits per heavy atom. The first-order valence-electron chi connectivity index (χ1n) is 6.96. The number of aryl methyl sites for hydroxylation is 3. The molecule has 1 aliphatic carbocycles. The lowest BCUT2D eigenvalue weighted by molar-refractivity contribution is 0.102. The highest BCUT2D eigenvalue weighted by molar-refractivity contribution is 7.16. The molecule has 1 aliphatic rings. The molecule has 0 radical (unpaired) electrons. The molecule has 0 atom stereocenters. The fourth-order valence-corrected chi connectivity index (χ4v) is 3.85. The molecule has 0 unspecified atom stereocenters. The third-order valence-corrected chi connectivity index (χ3v) is 5.06. The highest BCUT2D eigenvalue weighted by Crippen LogP contribution is 2.37. The Hall–Kier alpha value is -2.13. The van der Waals surface area contributed by atoms with Crippen LogP contribution in [0.25, 0.3) is 0 Å². The number of nitrogens with zero attached hydrogens (tertiary/aromatic N) is 3. The van der Waals surface area contributed by atoms with Gasteiger partial charge in [0.2, 0.25) is 0 Å². The van der Waals surface area contributed by atoms with Crippen molar-refractivity contribution >= 4 is 22.2 Å². The number of nitriles is 1. The van der Waals surface area contributed by atoms with Gasteiger partial charge in [-0.25, -0.2) is 0 Å². The molecule has 1 N–H and O–H groups in total. The number of aromatic nitrogens is 2. The first kappa shape index (κ1) is 13.8. The molecular weight excluding hydrogens is 284 g/mol. The van der Waals surface area contributed by atoms with Crippen LogP contribution in [0, 0.1) is 18.3 Å². The molecule has 0 fully saturated rings. The minimum Gasteiger partial charge on any atom is -0.311 e. The summed E-state index contributed by atoms with van der Waals surface area (Å²) in [6.07, 6.45) is 4.22. The van der Waals surface area contributed by atoms with Crippen molar-refractivity contribution in [1.82, 2.24) is 9.78 Å². The average Bonchev–Trinajstić information content (AvgIpc) is 2.99. The van der Waals surface area contributed by atoms with Crippen molar-refractivity contribution in [2.45, 2.75) is 32.6 Å². The van der Waals surface area contributed by atoms with E-state index in [2.05, 4.69) is 16.5 Å². The highest BCUT2D eigenvalue weighted by atomic mass is 32.1. The van der Waals surface area contributed by atoms with Crippen molar-refractivity contribution in [3.8, 4) is 6.07 Å². The lowest BCUT2D eigenvalue weighted by atomic mass is 9.96. The average molecular weight is 300 g/mol. The predicted octanol–water partition coefficient (Wildman–Crippen LogP) is 2.79. The van der Waals surface area contributed by atoms with E-state index >= 15 is 0 Å². The van der Waals surface area contributed by atoms with Gasteiger partial charge in [0.1, 0.15) is 11.1 Å². The fourth-order valence-electron chi connectivity index (χ4n) is 2.61. The SMILES string of the molecule is Cc1cc(C(=O)Nc2sc3c(c2C#N)CCCC3)nn1C. The summed E-state index contributed by atoms with van der Waals surface area (Å²) in [7, 11) is 1.80. The van der Waals surface area contributed by atoms with Crippen LogP contribution < -0.4 is 5.32 Å². The zero-order valence-electron chi connectivity index (χ0n) is 12.1. The first-order chi connectivity index (χ1) is 10.1. The number of amides is 1. The topological polar surface area (TPSA) is 70.7 Å². The van der Waals surface area contributed by atoms with Crippen LogP contribution >= 0.6 is 11.3 Å². The van der Waals surface area contributed by atoms with E-state index in [1.807, 2.05) is 6.92 Å². The number of anilines is 1. The summed E-state index contributed by atoms with van der Waals surface area (Å²) in [5, 5.41) is 17.1. The third kappa shape index (κ3) is 2.45. The summed E-state index contributed by atoms with van der Waals surface area (Å²) in [5.74, 6) is -0.256. The second-order valence-electron chi connectivity index (χ2n) is 5.28. The van der Waals surface area contributed by atoms with Crippen molar-refractivity contribution in [1.29, 1.82) is 5.26 Å². The Morgan fingerprint density at radius 1 is 1.48 bits per heavy atom. The largest absolute Gasteiger partial charge is 0.311 e. The van der Waals surface area contributed by atoms with Crippen LogP contribution in [-0.2, 0) is 19.9 Å². The summed E-state index contributed by atoms with van der Waals surface area (Å²) in [5.41, 5.74) is 3.06.